The average molecular weight is 273 g/mol. The molecule has 0 bridgehead atoms. The molecule has 0 spiro atoms. The highest BCUT2D eigenvalue weighted by Gasteiger charge is 2.09. The Balaban J connectivity index is 2.01. The van der Waals surface area contributed by atoms with E-state index in [1.807, 2.05) is 48.5 Å². The largest absolute Gasteiger partial charge is 0.366 e. The van der Waals surface area contributed by atoms with Crippen LogP contribution >= 0.6 is 0 Å². The van der Waals surface area contributed by atoms with Gasteiger partial charge in [-0.2, -0.15) is 0 Å². The van der Waals surface area contributed by atoms with Crippen molar-refractivity contribution in [3.63, 3.8) is 0 Å². The van der Waals surface area contributed by atoms with E-state index >= 15 is 0 Å². The molecule has 0 aliphatic rings. The van der Waals surface area contributed by atoms with Gasteiger partial charge in [-0.25, -0.2) is 0 Å². The Morgan fingerprint density at radius 3 is 1.81 bits per heavy atom. The van der Waals surface area contributed by atoms with Crippen LogP contribution in [0.3, 0.4) is 0 Å². The molecule has 0 atom stereocenters. The maximum absolute atomic E-state index is 11.5. The first kappa shape index (κ1) is 13.1. The topological polar surface area (TPSA) is 43.1 Å². The van der Waals surface area contributed by atoms with E-state index in [4.69, 9.17) is 5.73 Å². The van der Waals surface area contributed by atoms with Crippen LogP contribution in [-0.4, -0.2) is 5.91 Å². The van der Waals surface area contributed by atoms with Crippen LogP contribution < -0.4 is 5.73 Å². The van der Waals surface area contributed by atoms with Gasteiger partial charge < -0.3 is 5.73 Å². The number of primary amides is 1. The Bertz CT molecular complexity index is 761. The van der Waals surface area contributed by atoms with Crippen molar-refractivity contribution in [2.75, 3.05) is 0 Å². The highest BCUT2D eigenvalue weighted by atomic mass is 16.1. The van der Waals surface area contributed by atoms with Gasteiger partial charge in [-0.3, -0.25) is 4.79 Å². The minimum atomic E-state index is -0.405. The fourth-order valence-corrected chi connectivity index (χ4v) is 2.42. The molecule has 2 N–H and O–H groups in total. The molecule has 0 saturated heterocycles. The lowest BCUT2D eigenvalue weighted by Crippen LogP contribution is -2.12. The molecule has 0 aliphatic heterocycles. The second-order valence-corrected chi connectivity index (χ2v) is 4.85. The normalized spacial score (nSPS) is 10.3. The summed E-state index contributed by atoms with van der Waals surface area (Å²) in [5.41, 5.74) is 10.2. The molecule has 0 radical (unpaired) electrons. The van der Waals surface area contributed by atoms with Crippen LogP contribution in [0.5, 0.6) is 0 Å². The third kappa shape index (κ3) is 2.70. The molecular formula is C19H15NO. The van der Waals surface area contributed by atoms with Crippen molar-refractivity contribution in [3.05, 3.63) is 84.4 Å². The van der Waals surface area contributed by atoms with Gasteiger partial charge in [0.05, 0.1) is 0 Å². The minimum absolute atomic E-state index is 0.405. The third-order valence-corrected chi connectivity index (χ3v) is 3.50. The van der Waals surface area contributed by atoms with Crippen molar-refractivity contribution >= 4 is 5.91 Å². The summed E-state index contributed by atoms with van der Waals surface area (Å²) in [5, 5.41) is 0. The molecule has 0 aromatic heterocycles. The lowest BCUT2D eigenvalue weighted by atomic mass is 9.97. The molecule has 0 unspecified atom stereocenters. The first-order valence-electron chi connectivity index (χ1n) is 6.80. The van der Waals surface area contributed by atoms with Gasteiger partial charge in [0.2, 0.25) is 5.91 Å². The smallest absolute Gasteiger partial charge is 0.249 e. The van der Waals surface area contributed by atoms with E-state index in [0.717, 1.165) is 16.7 Å². The molecule has 3 aromatic carbocycles. The molecule has 2 heteroatoms. The Hall–Kier alpha value is -2.87. The maximum Gasteiger partial charge on any atom is 0.249 e. The lowest BCUT2D eigenvalue weighted by molar-refractivity contribution is 0.100. The van der Waals surface area contributed by atoms with E-state index in [0.29, 0.717) is 5.56 Å². The Labute approximate surface area is 123 Å². The summed E-state index contributed by atoms with van der Waals surface area (Å²) >= 11 is 0. The number of amides is 1. The molecule has 0 aliphatic carbocycles. The summed E-state index contributed by atoms with van der Waals surface area (Å²) in [4.78, 5) is 11.5. The summed E-state index contributed by atoms with van der Waals surface area (Å²) in [6.45, 7) is 0. The zero-order chi connectivity index (χ0) is 14.7. The van der Waals surface area contributed by atoms with Crippen molar-refractivity contribution in [1.82, 2.24) is 0 Å². The van der Waals surface area contributed by atoms with Crippen LogP contribution in [0.1, 0.15) is 10.4 Å². The number of hydrogen-bond acceptors (Lipinski definition) is 1. The monoisotopic (exact) mass is 273 g/mol. The highest BCUT2D eigenvalue weighted by Crippen LogP contribution is 2.26. The first-order chi connectivity index (χ1) is 10.3. The van der Waals surface area contributed by atoms with Crippen molar-refractivity contribution in [3.8, 4) is 22.3 Å². The zero-order valence-corrected chi connectivity index (χ0v) is 11.5. The van der Waals surface area contributed by atoms with E-state index in [-0.39, 0.29) is 0 Å². The molecule has 0 heterocycles. The molecular weight excluding hydrogens is 258 g/mol. The highest BCUT2D eigenvalue weighted by molar-refractivity contribution is 5.99. The molecule has 21 heavy (non-hydrogen) atoms. The van der Waals surface area contributed by atoms with E-state index in [1.165, 1.54) is 5.56 Å². The number of carbonyl (C=O) groups is 1. The van der Waals surface area contributed by atoms with E-state index in [1.54, 1.807) is 6.07 Å². The van der Waals surface area contributed by atoms with Crippen molar-refractivity contribution in [1.29, 1.82) is 0 Å². The minimum Gasteiger partial charge on any atom is -0.366 e. The van der Waals surface area contributed by atoms with Gasteiger partial charge in [0.25, 0.3) is 0 Å². The van der Waals surface area contributed by atoms with Gasteiger partial charge in [0.15, 0.2) is 0 Å². The van der Waals surface area contributed by atoms with Gasteiger partial charge in [0.1, 0.15) is 0 Å². The molecule has 1 amide bonds. The summed E-state index contributed by atoms with van der Waals surface area (Å²) < 4.78 is 0. The average Bonchev–Trinajstić information content (AvgIpc) is 2.56. The van der Waals surface area contributed by atoms with Crippen LogP contribution in [0.2, 0.25) is 0 Å². The molecule has 102 valence electrons. The van der Waals surface area contributed by atoms with Crippen LogP contribution in [0.25, 0.3) is 22.3 Å². The Morgan fingerprint density at radius 1 is 0.619 bits per heavy atom. The fourth-order valence-electron chi connectivity index (χ4n) is 2.42. The second kappa shape index (κ2) is 5.63. The van der Waals surface area contributed by atoms with Crippen molar-refractivity contribution in [2.45, 2.75) is 0 Å². The quantitative estimate of drug-likeness (QED) is 0.766. The van der Waals surface area contributed by atoms with Crippen LogP contribution in [0.15, 0.2) is 78.9 Å². The third-order valence-electron chi connectivity index (χ3n) is 3.50. The predicted octanol–water partition coefficient (Wildman–Crippen LogP) is 4.12. The number of benzene rings is 3. The van der Waals surface area contributed by atoms with Gasteiger partial charge in [-0.15, -0.1) is 0 Å². The number of hydrogen-bond donors (Lipinski definition) is 1. The summed E-state index contributed by atoms with van der Waals surface area (Å²) in [5.74, 6) is -0.405. The molecule has 3 aromatic rings. The molecule has 0 fully saturated rings. The Morgan fingerprint density at radius 2 is 1.14 bits per heavy atom. The standard InChI is InChI=1S/C19H15NO/c20-19(21)18-9-5-4-8-17(18)16-12-10-15(11-13-16)14-6-2-1-3-7-14/h1-13H,(H2,20,21). The van der Waals surface area contributed by atoms with Gasteiger partial charge in [0, 0.05) is 5.56 Å². The summed E-state index contributed by atoms with van der Waals surface area (Å²) in [7, 11) is 0. The number of carbonyl (C=O) groups excluding carboxylic acids is 1. The predicted molar refractivity (Wildman–Crippen MR) is 85.8 cm³/mol. The van der Waals surface area contributed by atoms with E-state index in [9.17, 15) is 4.79 Å². The molecule has 3 rings (SSSR count). The maximum atomic E-state index is 11.5. The summed E-state index contributed by atoms with van der Waals surface area (Å²) in [6, 6.07) is 25.7. The van der Waals surface area contributed by atoms with Crippen LogP contribution in [0.4, 0.5) is 0 Å². The van der Waals surface area contributed by atoms with Gasteiger partial charge >= 0.3 is 0 Å². The van der Waals surface area contributed by atoms with E-state index in [2.05, 4.69) is 24.3 Å². The van der Waals surface area contributed by atoms with Crippen molar-refractivity contribution < 1.29 is 4.79 Å². The molecule has 0 saturated carbocycles. The van der Waals surface area contributed by atoms with Crippen molar-refractivity contribution in [2.24, 2.45) is 5.73 Å². The number of rotatable bonds is 3. The Kier molecular flexibility index (Phi) is 3.52. The summed E-state index contributed by atoms with van der Waals surface area (Å²) in [6.07, 6.45) is 0. The van der Waals surface area contributed by atoms with Gasteiger partial charge in [-0.05, 0) is 28.3 Å². The van der Waals surface area contributed by atoms with E-state index < -0.39 is 5.91 Å². The fraction of sp³-hybridized carbons (Fsp3) is 0. The number of nitrogens with two attached hydrogens (primary N) is 1. The van der Waals surface area contributed by atoms with Crippen LogP contribution in [0, 0.1) is 0 Å². The lowest BCUT2D eigenvalue weighted by Gasteiger charge is -2.08. The molecule has 2 nitrogen and oxygen atoms in total. The zero-order valence-electron chi connectivity index (χ0n) is 11.5. The van der Waals surface area contributed by atoms with Gasteiger partial charge in [-0.1, -0.05) is 72.8 Å². The van der Waals surface area contributed by atoms with Crippen LogP contribution in [-0.2, 0) is 0 Å². The second-order valence-electron chi connectivity index (χ2n) is 4.85. The SMILES string of the molecule is NC(=O)c1ccccc1-c1ccc(-c2ccccc2)cc1. The first-order valence-corrected chi connectivity index (χ1v) is 6.80.